The van der Waals surface area contributed by atoms with E-state index in [1.54, 1.807) is 12.1 Å². The molecule has 0 spiro atoms. The summed E-state index contributed by atoms with van der Waals surface area (Å²) in [7, 11) is 0. The van der Waals surface area contributed by atoms with Gasteiger partial charge in [-0.15, -0.1) is 5.10 Å². The van der Waals surface area contributed by atoms with E-state index >= 15 is 0 Å². The van der Waals surface area contributed by atoms with Crippen molar-refractivity contribution in [2.45, 2.75) is 6.92 Å². The van der Waals surface area contributed by atoms with Crippen molar-refractivity contribution in [3.05, 3.63) is 29.5 Å². The number of hydrogen-bond acceptors (Lipinski definition) is 8. The predicted molar refractivity (Wildman–Crippen MR) is 76.3 cm³/mol. The van der Waals surface area contributed by atoms with E-state index in [-0.39, 0.29) is 23.1 Å². The summed E-state index contributed by atoms with van der Waals surface area (Å²) in [5.41, 5.74) is 11.9. The van der Waals surface area contributed by atoms with Gasteiger partial charge in [0, 0.05) is 0 Å². The molecule has 9 heteroatoms. The normalized spacial score (nSPS) is 12.0. The molecule has 1 aromatic heterocycles. The summed E-state index contributed by atoms with van der Waals surface area (Å²) in [5, 5.41) is 24.0. The van der Waals surface area contributed by atoms with Crippen molar-refractivity contribution >= 4 is 17.9 Å². The number of amidine groups is 1. The minimum absolute atomic E-state index is 0.0196. The van der Waals surface area contributed by atoms with E-state index in [4.69, 9.17) is 16.2 Å². The third-order valence-corrected chi connectivity index (χ3v) is 2.41. The molecule has 110 valence electrons. The van der Waals surface area contributed by atoms with Crippen molar-refractivity contribution in [2.75, 3.05) is 12.3 Å². The minimum Gasteiger partial charge on any atom is -0.504 e. The number of nitrogen functional groups attached to an aromatic ring is 1. The van der Waals surface area contributed by atoms with Gasteiger partial charge in [0.2, 0.25) is 0 Å². The van der Waals surface area contributed by atoms with Gasteiger partial charge in [-0.3, -0.25) is 0 Å². The number of nitrogens with zero attached hydrogens (tertiary/aromatic N) is 4. The summed E-state index contributed by atoms with van der Waals surface area (Å²) in [6.45, 7) is 2.26. The van der Waals surface area contributed by atoms with Gasteiger partial charge in [-0.1, -0.05) is 0 Å². The van der Waals surface area contributed by atoms with Gasteiger partial charge in [0.1, 0.15) is 0 Å². The Morgan fingerprint density at radius 2 is 2.29 bits per heavy atom. The lowest BCUT2D eigenvalue weighted by Gasteiger charge is -2.05. The molecule has 1 aromatic carbocycles. The summed E-state index contributed by atoms with van der Waals surface area (Å²) < 4.78 is 9.66. The van der Waals surface area contributed by atoms with Crippen LogP contribution in [0.3, 0.4) is 0 Å². The van der Waals surface area contributed by atoms with Crippen molar-refractivity contribution in [1.29, 1.82) is 0 Å². The van der Waals surface area contributed by atoms with E-state index in [2.05, 4.69) is 25.1 Å². The molecule has 21 heavy (non-hydrogen) atoms. The van der Waals surface area contributed by atoms with Gasteiger partial charge in [-0.25, -0.2) is 4.63 Å². The number of benzene rings is 1. The fourth-order valence-corrected chi connectivity index (χ4v) is 1.46. The summed E-state index contributed by atoms with van der Waals surface area (Å²) >= 11 is 0. The second kappa shape index (κ2) is 6.37. The number of hydrogen-bond donors (Lipinski definition) is 3. The van der Waals surface area contributed by atoms with E-state index in [0.29, 0.717) is 17.9 Å². The zero-order chi connectivity index (χ0) is 15.2. The van der Waals surface area contributed by atoms with E-state index in [1.807, 2.05) is 6.92 Å². The maximum absolute atomic E-state index is 9.58. The Morgan fingerprint density at radius 1 is 1.48 bits per heavy atom. The molecule has 0 saturated carbocycles. The highest BCUT2D eigenvalue weighted by Gasteiger charge is 2.10. The van der Waals surface area contributed by atoms with Crippen molar-refractivity contribution < 1.29 is 14.5 Å². The highest BCUT2D eigenvalue weighted by Crippen LogP contribution is 2.26. The minimum atomic E-state index is -0.0196. The summed E-state index contributed by atoms with van der Waals surface area (Å²) in [6.07, 6.45) is 1.44. The predicted octanol–water partition coefficient (Wildman–Crippen LogP) is 0.495. The molecule has 0 saturated heterocycles. The first-order chi connectivity index (χ1) is 10.1. The summed E-state index contributed by atoms with van der Waals surface area (Å²) in [6, 6.07) is 4.78. The van der Waals surface area contributed by atoms with Gasteiger partial charge in [-0.2, -0.15) is 5.10 Å². The van der Waals surface area contributed by atoms with Crippen LogP contribution in [0.2, 0.25) is 0 Å². The topological polar surface area (TPSA) is 145 Å². The van der Waals surface area contributed by atoms with E-state index in [9.17, 15) is 5.11 Å². The number of anilines is 1. The van der Waals surface area contributed by atoms with Crippen molar-refractivity contribution in [1.82, 2.24) is 10.3 Å². The van der Waals surface area contributed by atoms with E-state index in [1.165, 1.54) is 12.3 Å². The maximum Gasteiger partial charge on any atom is 0.199 e. The summed E-state index contributed by atoms with van der Waals surface area (Å²) in [4.78, 5) is 0. The zero-order valence-corrected chi connectivity index (χ0v) is 11.2. The number of rotatable bonds is 5. The monoisotopic (exact) mass is 290 g/mol. The standard InChI is InChI=1S/C12H14N6O3/c1-2-20-9-5-7(3-4-8(9)19)6-15-16-11(13)10-12(14)18-21-17-10/h3-6,19H,2H2,1H3,(H2,13,16)(H2,14,18)/b15-6+. The molecule has 0 fully saturated rings. The number of aromatic nitrogens is 2. The number of aromatic hydroxyl groups is 1. The molecule has 0 aliphatic carbocycles. The lowest BCUT2D eigenvalue weighted by atomic mass is 10.2. The molecule has 0 aliphatic heterocycles. The lowest BCUT2D eigenvalue weighted by Crippen LogP contribution is -2.15. The first-order valence-corrected chi connectivity index (χ1v) is 6.02. The number of nitrogens with two attached hydrogens (primary N) is 2. The first kappa shape index (κ1) is 14.3. The Morgan fingerprint density at radius 3 is 2.95 bits per heavy atom. The third kappa shape index (κ3) is 3.47. The van der Waals surface area contributed by atoms with Crippen LogP contribution in [0.1, 0.15) is 18.2 Å². The third-order valence-electron chi connectivity index (χ3n) is 2.41. The molecule has 5 N–H and O–H groups in total. The SMILES string of the molecule is CCOc1cc(/C=N/N=C(N)c2nonc2N)ccc1O. The molecular weight excluding hydrogens is 276 g/mol. The Bertz CT molecular complexity index is 679. The highest BCUT2D eigenvalue weighted by atomic mass is 16.6. The van der Waals surface area contributed by atoms with Crippen LogP contribution in [0.5, 0.6) is 11.5 Å². The first-order valence-electron chi connectivity index (χ1n) is 6.02. The maximum atomic E-state index is 9.58. The van der Waals surface area contributed by atoms with E-state index in [0.717, 1.165) is 0 Å². The fraction of sp³-hybridized carbons (Fsp3) is 0.167. The number of phenols is 1. The van der Waals surface area contributed by atoms with Crippen LogP contribution in [-0.4, -0.2) is 34.1 Å². The lowest BCUT2D eigenvalue weighted by molar-refractivity contribution is 0.308. The van der Waals surface area contributed by atoms with Crippen molar-refractivity contribution in [3.63, 3.8) is 0 Å². The molecule has 2 aromatic rings. The van der Waals surface area contributed by atoms with Crippen molar-refractivity contribution in [3.8, 4) is 11.5 Å². The van der Waals surface area contributed by atoms with Gasteiger partial charge < -0.3 is 21.3 Å². The highest BCUT2D eigenvalue weighted by molar-refractivity contribution is 5.99. The molecule has 0 aliphatic rings. The Balaban J connectivity index is 2.14. The molecule has 0 atom stereocenters. The number of ether oxygens (including phenoxy) is 1. The van der Waals surface area contributed by atoms with Crippen LogP contribution in [0.15, 0.2) is 33.0 Å². The van der Waals surface area contributed by atoms with Gasteiger partial charge in [0.25, 0.3) is 0 Å². The van der Waals surface area contributed by atoms with Crippen LogP contribution < -0.4 is 16.2 Å². The molecule has 0 amide bonds. The molecule has 2 rings (SSSR count). The van der Waals surface area contributed by atoms with Crippen LogP contribution in [0.4, 0.5) is 5.82 Å². The number of phenolic OH excluding ortho intramolecular Hbond substituents is 1. The second-order valence-electron chi connectivity index (χ2n) is 3.89. The Kier molecular flexibility index (Phi) is 4.34. The Labute approximate surface area is 119 Å². The Hall–Kier alpha value is -3.10. The second-order valence-corrected chi connectivity index (χ2v) is 3.89. The van der Waals surface area contributed by atoms with Crippen LogP contribution in [-0.2, 0) is 0 Å². The molecule has 1 heterocycles. The molecule has 0 bridgehead atoms. The molecule has 9 nitrogen and oxygen atoms in total. The quantitative estimate of drug-likeness (QED) is 0.412. The largest absolute Gasteiger partial charge is 0.504 e. The smallest absolute Gasteiger partial charge is 0.199 e. The van der Waals surface area contributed by atoms with Crippen LogP contribution in [0, 0.1) is 0 Å². The average Bonchev–Trinajstić information content (AvgIpc) is 2.89. The molecule has 0 unspecified atom stereocenters. The zero-order valence-electron chi connectivity index (χ0n) is 11.2. The average molecular weight is 290 g/mol. The van der Waals surface area contributed by atoms with Crippen LogP contribution in [0.25, 0.3) is 0 Å². The van der Waals surface area contributed by atoms with Gasteiger partial charge >= 0.3 is 0 Å². The fourth-order valence-electron chi connectivity index (χ4n) is 1.46. The van der Waals surface area contributed by atoms with Crippen LogP contribution >= 0.6 is 0 Å². The van der Waals surface area contributed by atoms with Gasteiger partial charge in [0.15, 0.2) is 28.8 Å². The molecule has 0 radical (unpaired) electrons. The summed E-state index contributed by atoms with van der Waals surface area (Å²) in [5.74, 6) is 0.435. The van der Waals surface area contributed by atoms with Gasteiger partial charge in [-0.05, 0) is 41.0 Å². The van der Waals surface area contributed by atoms with E-state index < -0.39 is 0 Å². The van der Waals surface area contributed by atoms with Crippen molar-refractivity contribution in [2.24, 2.45) is 15.9 Å². The molecular formula is C12H14N6O3. The van der Waals surface area contributed by atoms with Gasteiger partial charge in [0.05, 0.1) is 12.8 Å².